The van der Waals surface area contributed by atoms with Crippen molar-refractivity contribution >= 4 is 5.97 Å². The zero-order valence-corrected chi connectivity index (χ0v) is 18.6. The van der Waals surface area contributed by atoms with Crippen LogP contribution in [0.2, 0.25) is 0 Å². The van der Waals surface area contributed by atoms with Crippen LogP contribution in [0.15, 0.2) is 60.8 Å². The number of rotatable bonds is 8. The second kappa shape index (κ2) is 10.4. The van der Waals surface area contributed by atoms with Crippen LogP contribution in [0.25, 0.3) is 11.3 Å². The maximum atomic E-state index is 12.0. The van der Waals surface area contributed by atoms with Crippen LogP contribution in [0.5, 0.6) is 11.5 Å². The standard InChI is InChI=1S/C25H29N3O4/c1-3-31-24(29)15-21-18-30-14-13-28(21)17-20-16-27(2)26-25(20)19-9-11-23(12-10-19)32-22-7-5-4-6-8-22/h4-12,16,21H,3,13-15,17-18H2,1-2H3/t21-/m0/s1. The van der Waals surface area contributed by atoms with Gasteiger partial charge in [-0.2, -0.15) is 5.10 Å². The lowest BCUT2D eigenvalue weighted by atomic mass is 10.1. The van der Waals surface area contributed by atoms with Crippen molar-refractivity contribution in [1.82, 2.24) is 14.7 Å². The summed E-state index contributed by atoms with van der Waals surface area (Å²) in [6.45, 7) is 4.86. The minimum Gasteiger partial charge on any atom is -0.466 e. The Bertz CT molecular complexity index is 1020. The van der Waals surface area contributed by atoms with Crippen molar-refractivity contribution in [1.29, 1.82) is 0 Å². The molecule has 168 valence electrons. The average molecular weight is 436 g/mol. The van der Waals surface area contributed by atoms with E-state index in [2.05, 4.69) is 4.90 Å². The van der Waals surface area contributed by atoms with Crippen molar-refractivity contribution in [3.63, 3.8) is 0 Å². The second-order valence-corrected chi connectivity index (χ2v) is 7.82. The zero-order valence-electron chi connectivity index (χ0n) is 18.6. The first kappa shape index (κ1) is 22.0. The highest BCUT2D eigenvalue weighted by Crippen LogP contribution is 2.28. The van der Waals surface area contributed by atoms with Gasteiger partial charge in [0, 0.05) is 43.5 Å². The van der Waals surface area contributed by atoms with Gasteiger partial charge >= 0.3 is 5.97 Å². The van der Waals surface area contributed by atoms with Gasteiger partial charge in [0.05, 0.1) is 31.9 Å². The van der Waals surface area contributed by atoms with E-state index in [-0.39, 0.29) is 12.0 Å². The molecule has 0 N–H and O–H groups in total. The van der Waals surface area contributed by atoms with Gasteiger partial charge in [0.1, 0.15) is 11.5 Å². The Hall–Kier alpha value is -3.16. The van der Waals surface area contributed by atoms with E-state index in [1.54, 1.807) is 0 Å². The normalized spacial score (nSPS) is 16.6. The molecule has 1 aliphatic rings. The number of aryl methyl sites for hydroxylation is 1. The van der Waals surface area contributed by atoms with Crippen LogP contribution in [0.3, 0.4) is 0 Å². The lowest BCUT2D eigenvalue weighted by Gasteiger charge is -2.35. The molecular weight excluding hydrogens is 406 g/mol. The van der Waals surface area contributed by atoms with Crippen LogP contribution in [-0.4, -0.2) is 53.1 Å². The summed E-state index contributed by atoms with van der Waals surface area (Å²) in [6.07, 6.45) is 2.37. The third-order valence-electron chi connectivity index (χ3n) is 5.44. The molecule has 1 fully saturated rings. The summed E-state index contributed by atoms with van der Waals surface area (Å²) < 4.78 is 18.5. The molecule has 0 saturated carbocycles. The molecular formula is C25H29N3O4. The molecule has 0 aliphatic carbocycles. The Morgan fingerprint density at radius 3 is 2.62 bits per heavy atom. The van der Waals surface area contributed by atoms with E-state index in [0.29, 0.717) is 32.8 Å². The molecule has 1 saturated heterocycles. The highest BCUT2D eigenvalue weighted by Gasteiger charge is 2.27. The summed E-state index contributed by atoms with van der Waals surface area (Å²) in [7, 11) is 1.93. The maximum absolute atomic E-state index is 12.0. The fourth-order valence-corrected chi connectivity index (χ4v) is 3.92. The molecule has 3 aromatic rings. The molecule has 0 spiro atoms. The molecule has 1 aromatic heterocycles. The molecule has 2 heterocycles. The lowest BCUT2D eigenvalue weighted by molar-refractivity contribution is -0.146. The highest BCUT2D eigenvalue weighted by atomic mass is 16.5. The number of hydrogen-bond donors (Lipinski definition) is 0. The third kappa shape index (κ3) is 5.55. The van der Waals surface area contributed by atoms with Crippen molar-refractivity contribution < 1.29 is 19.0 Å². The fraction of sp³-hybridized carbons (Fsp3) is 0.360. The number of aromatic nitrogens is 2. The molecule has 2 aromatic carbocycles. The lowest BCUT2D eigenvalue weighted by Crippen LogP contribution is -2.46. The average Bonchev–Trinajstić information content (AvgIpc) is 3.16. The first-order valence-corrected chi connectivity index (χ1v) is 11.0. The van der Waals surface area contributed by atoms with Gasteiger partial charge < -0.3 is 14.2 Å². The topological polar surface area (TPSA) is 65.8 Å². The summed E-state index contributed by atoms with van der Waals surface area (Å²) in [5.74, 6) is 1.40. The minimum absolute atomic E-state index is 0.00231. The first-order valence-electron chi connectivity index (χ1n) is 11.0. The summed E-state index contributed by atoms with van der Waals surface area (Å²) in [5.41, 5.74) is 3.07. The van der Waals surface area contributed by atoms with E-state index in [1.807, 2.05) is 79.4 Å². The van der Waals surface area contributed by atoms with Crippen molar-refractivity contribution in [2.45, 2.75) is 25.9 Å². The Balaban J connectivity index is 1.49. The molecule has 0 bridgehead atoms. The summed E-state index contributed by atoms with van der Waals surface area (Å²) in [6, 6.07) is 17.7. The van der Waals surface area contributed by atoms with E-state index < -0.39 is 0 Å². The van der Waals surface area contributed by atoms with Crippen LogP contribution in [-0.2, 0) is 27.9 Å². The molecule has 1 atom stereocenters. The largest absolute Gasteiger partial charge is 0.466 e. The Morgan fingerprint density at radius 2 is 1.88 bits per heavy atom. The van der Waals surface area contributed by atoms with Gasteiger partial charge in [-0.15, -0.1) is 0 Å². The number of ether oxygens (including phenoxy) is 3. The summed E-state index contributed by atoms with van der Waals surface area (Å²) in [5, 5.41) is 4.70. The highest BCUT2D eigenvalue weighted by molar-refractivity contribution is 5.70. The van der Waals surface area contributed by atoms with E-state index in [9.17, 15) is 4.79 Å². The number of benzene rings is 2. The van der Waals surface area contributed by atoms with Crippen LogP contribution in [0.1, 0.15) is 18.9 Å². The Kier molecular flexibility index (Phi) is 7.19. The van der Waals surface area contributed by atoms with Gasteiger partial charge in [-0.05, 0) is 43.3 Å². The molecule has 0 amide bonds. The van der Waals surface area contributed by atoms with E-state index in [4.69, 9.17) is 19.3 Å². The SMILES string of the molecule is CCOC(=O)C[C@H]1COCCN1Cc1cn(C)nc1-c1ccc(Oc2ccccc2)cc1. The quantitative estimate of drug-likeness (QED) is 0.498. The van der Waals surface area contributed by atoms with E-state index in [1.165, 1.54) is 0 Å². The second-order valence-electron chi connectivity index (χ2n) is 7.82. The first-order chi connectivity index (χ1) is 15.6. The Labute approximate surface area is 188 Å². The van der Waals surface area contributed by atoms with Crippen molar-refractivity contribution in [3.05, 3.63) is 66.4 Å². The van der Waals surface area contributed by atoms with Gasteiger partial charge in [0.25, 0.3) is 0 Å². The van der Waals surface area contributed by atoms with E-state index >= 15 is 0 Å². The molecule has 4 rings (SSSR count). The number of hydrogen-bond acceptors (Lipinski definition) is 6. The number of carbonyl (C=O) groups is 1. The zero-order chi connectivity index (χ0) is 22.3. The maximum Gasteiger partial charge on any atom is 0.307 e. The third-order valence-corrected chi connectivity index (χ3v) is 5.44. The Morgan fingerprint density at radius 1 is 1.12 bits per heavy atom. The van der Waals surface area contributed by atoms with Gasteiger partial charge in [0.2, 0.25) is 0 Å². The summed E-state index contributed by atoms with van der Waals surface area (Å²) in [4.78, 5) is 14.3. The van der Waals surface area contributed by atoms with E-state index in [0.717, 1.165) is 34.9 Å². The van der Waals surface area contributed by atoms with Gasteiger partial charge in [-0.25, -0.2) is 0 Å². The number of para-hydroxylation sites is 1. The summed E-state index contributed by atoms with van der Waals surface area (Å²) >= 11 is 0. The van der Waals surface area contributed by atoms with Crippen molar-refractivity contribution in [2.24, 2.45) is 7.05 Å². The predicted molar refractivity (Wildman–Crippen MR) is 121 cm³/mol. The number of morpholine rings is 1. The number of carbonyl (C=O) groups excluding carboxylic acids is 1. The smallest absolute Gasteiger partial charge is 0.307 e. The van der Waals surface area contributed by atoms with Crippen molar-refractivity contribution in [3.8, 4) is 22.8 Å². The van der Waals surface area contributed by atoms with Gasteiger partial charge in [0.15, 0.2) is 0 Å². The monoisotopic (exact) mass is 435 g/mol. The predicted octanol–water partition coefficient (Wildman–Crippen LogP) is 4.03. The molecule has 1 aliphatic heterocycles. The molecule has 7 nitrogen and oxygen atoms in total. The number of esters is 1. The van der Waals surface area contributed by atoms with Crippen LogP contribution < -0.4 is 4.74 Å². The van der Waals surface area contributed by atoms with Gasteiger partial charge in [-0.3, -0.25) is 14.4 Å². The van der Waals surface area contributed by atoms with Crippen molar-refractivity contribution in [2.75, 3.05) is 26.4 Å². The van der Waals surface area contributed by atoms with Crippen LogP contribution in [0.4, 0.5) is 0 Å². The van der Waals surface area contributed by atoms with Crippen LogP contribution >= 0.6 is 0 Å². The fourth-order valence-electron chi connectivity index (χ4n) is 3.92. The minimum atomic E-state index is -0.187. The number of nitrogens with zero attached hydrogens (tertiary/aromatic N) is 3. The molecule has 0 unspecified atom stereocenters. The van der Waals surface area contributed by atoms with Gasteiger partial charge in [-0.1, -0.05) is 18.2 Å². The van der Waals surface area contributed by atoms with Crippen LogP contribution in [0, 0.1) is 0 Å². The molecule has 0 radical (unpaired) electrons. The molecule has 32 heavy (non-hydrogen) atoms. The molecule has 7 heteroatoms.